The van der Waals surface area contributed by atoms with Gasteiger partial charge in [-0.3, -0.25) is 4.79 Å². The van der Waals surface area contributed by atoms with Crippen LogP contribution in [0.1, 0.15) is 19.4 Å². The SMILES string of the molecule is CCNCc1cc(F)c(N(C)CC(C)C(=O)NC)c(F)c1. The Balaban J connectivity index is 2.89. The number of nitrogens with zero attached hydrogens (tertiary/aromatic N) is 1. The Morgan fingerprint density at radius 2 is 1.90 bits per heavy atom. The molecule has 0 fully saturated rings. The molecule has 1 aromatic carbocycles. The van der Waals surface area contributed by atoms with Crippen LogP contribution in [0.5, 0.6) is 0 Å². The second-order valence-corrected chi connectivity index (χ2v) is 5.08. The van der Waals surface area contributed by atoms with Crippen molar-refractivity contribution in [3.05, 3.63) is 29.3 Å². The fourth-order valence-corrected chi connectivity index (χ4v) is 2.19. The van der Waals surface area contributed by atoms with Gasteiger partial charge >= 0.3 is 0 Å². The number of halogens is 2. The largest absolute Gasteiger partial charge is 0.369 e. The Kier molecular flexibility index (Phi) is 6.55. The molecule has 1 unspecified atom stereocenters. The van der Waals surface area contributed by atoms with Crippen LogP contribution in [0.4, 0.5) is 14.5 Å². The summed E-state index contributed by atoms with van der Waals surface area (Å²) in [6.07, 6.45) is 0. The predicted octanol–water partition coefficient (Wildman–Crippen LogP) is 1.89. The Labute approximate surface area is 124 Å². The number of carbonyl (C=O) groups excluding carboxylic acids is 1. The number of benzene rings is 1. The van der Waals surface area contributed by atoms with Crippen molar-refractivity contribution in [2.75, 3.05) is 32.1 Å². The zero-order valence-electron chi connectivity index (χ0n) is 13.0. The number of hydrogen-bond acceptors (Lipinski definition) is 3. The van der Waals surface area contributed by atoms with Crippen LogP contribution < -0.4 is 15.5 Å². The highest BCUT2D eigenvalue weighted by Gasteiger charge is 2.19. The van der Waals surface area contributed by atoms with Crippen LogP contribution in [0.3, 0.4) is 0 Å². The first-order chi connectivity index (χ1) is 9.90. The molecule has 21 heavy (non-hydrogen) atoms. The maximum Gasteiger partial charge on any atom is 0.224 e. The van der Waals surface area contributed by atoms with E-state index in [-0.39, 0.29) is 24.1 Å². The lowest BCUT2D eigenvalue weighted by molar-refractivity contribution is -0.123. The second kappa shape index (κ2) is 7.93. The fraction of sp³-hybridized carbons (Fsp3) is 0.533. The first kappa shape index (κ1) is 17.4. The van der Waals surface area contributed by atoms with Gasteiger partial charge in [-0.15, -0.1) is 0 Å². The molecule has 0 spiro atoms. The van der Waals surface area contributed by atoms with Crippen LogP contribution in [0, 0.1) is 17.6 Å². The van der Waals surface area contributed by atoms with Crippen molar-refractivity contribution in [1.82, 2.24) is 10.6 Å². The van der Waals surface area contributed by atoms with Crippen molar-refractivity contribution in [2.24, 2.45) is 5.92 Å². The maximum atomic E-state index is 14.1. The van der Waals surface area contributed by atoms with E-state index >= 15 is 0 Å². The number of amides is 1. The Morgan fingerprint density at radius 3 is 2.38 bits per heavy atom. The predicted molar refractivity (Wildman–Crippen MR) is 80.2 cm³/mol. The summed E-state index contributed by atoms with van der Waals surface area (Å²) in [6.45, 7) is 5.03. The van der Waals surface area contributed by atoms with Gasteiger partial charge in [0.2, 0.25) is 5.91 Å². The number of hydrogen-bond donors (Lipinski definition) is 2. The van der Waals surface area contributed by atoms with E-state index in [1.54, 1.807) is 14.0 Å². The lowest BCUT2D eigenvalue weighted by Gasteiger charge is -2.24. The molecule has 0 saturated heterocycles. The molecule has 0 saturated carbocycles. The minimum absolute atomic E-state index is 0.106. The van der Waals surface area contributed by atoms with Crippen LogP contribution in [0.15, 0.2) is 12.1 Å². The third-order valence-electron chi connectivity index (χ3n) is 3.28. The van der Waals surface area contributed by atoms with Crippen molar-refractivity contribution in [1.29, 1.82) is 0 Å². The molecular weight excluding hydrogens is 276 g/mol. The summed E-state index contributed by atoms with van der Waals surface area (Å²) in [5.41, 5.74) is 0.453. The van der Waals surface area contributed by atoms with Gasteiger partial charge in [-0.25, -0.2) is 8.78 Å². The quantitative estimate of drug-likeness (QED) is 0.808. The molecule has 0 aliphatic heterocycles. The van der Waals surface area contributed by atoms with Crippen LogP contribution >= 0.6 is 0 Å². The average Bonchev–Trinajstić information content (AvgIpc) is 2.43. The topological polar surface area (TPSA) is 44.4 Å². The van der Waals surface area contributed by atoms with Crippen LogP contribution in [-0.4, -0.2) is 33.1 Å². The molecule has 6 heteroatoms. The lowest BCUT2D eigenvalue weighted by Crippen LogP contribution is -2.35. The standard InChI is InChI=1S/C15H23F2N3O/c1-5-19-8-11-6-12(16)14(13(17)7-11)20(4)9-10(2)15(21)18-3/h6-7,10,19H,5,8-9H2,1-4H3,(H,18,21). The van der Waals surface area contributed by atoms with E-state index in [2.05, 4.69) is 10.6 Å². The fourth-order valence-electron chi connectivity index (χ4n) is 2.19. The summed E-state index contributed by atoms with van der Waals surface area (Å²) in [4.78, 5) is 12.9. The smallest absolute Gasteiger partial charge is 0.224 e. The normalized spacial score (nSPS) is 12.1. The number of anilines is 1. The monoisotopic (exact) mass is 299 g/mol. The highest BCUT2D eigenvalue weighted by molar-refractivity contribution is 5.78. The highest BCUT2D eigenvalue weighted by Crippen LogP contribution is 2.24. The van der Waals surface area contributed by atoms with Gasteiger partial charge in [-0.2, -0.15) is 0 Å². The van der Waals surface area contributed by atoms with E-state index in [4.69, 9.17) is 0 Å². The van der Waals surface area contributed by atoms with Gasteiger partial charge < -0.3 is 15.5 Å². The summed E-state index contributed by atoms with van der Waals surface area (Å²) >= 11 is 0. The first-order valence-corrected chi connectivity index (χ1v) is 7.02. The molecule has 1 aromatic rings. The summed E-state index contributed by atoms with van der Waals surface area (Å²) in [5.74, 6) is -1.75. The summed E-state index contributed by atoms with van der Waals surface area (Å²) in [6, 6.07) is 2.64. The van der Waals surface area contributed by atoms with Crippen molar-refractivity contribution >= 4 is 11.6 Å². The Bertz CT molecular complexity index is 471. The molecule has 118 valence electrons. The van der Waals surface area contributed by atoms with E-state index in [1.807, 2.05) is 6.92 Å². The van der Waals surface area contributed by atoms with Gasteiger partial charge in [0, 0.05) is 27.2 Å². The second-order valence-electron chi connectivity index (χ2n) is 5.08. The summed E-state index contributed by atoms with van der Waals surface area (Å²) in [7, 11) is 3.11. The van der Waals surface area contributed by atoms with Gasteiger partial charge in [0.15, 0.2) is 0 Å². The molecule has 0 radical (unpaired) electrons. The molecule has 0 aliphatic rings. The molecule has 0 heterocycles. The van der Waals surface area contributed by atoms with Gasteiger partial charge in [0.25, 0.3) is 0 Å². The number of carbonyl (C=O) groups is 1. The van der Waals surface area contributed by atoms with E-state index in [9.17, 15) is 13.6 Å². The molecule has 0 aliphatic carbocycles. The molecule has 1 rings (SSSR count). The minimum Gasteiger partial charge on any atom is -0.369 e. The zero-order chi connectivity index (χ0) is 16.0. The summed E-state index contributed by atoms with van der Waals surface area (Å²) in [5, 5.41) is 5.54. The van der Waals surface area contributed by atoms with Gasteiger partial charge in [0.05, 0.1) is 5.92 Å². The third kappa shape index (κ3) is 4.67. The number of rotatable bonds is 7. The Morgan fingerprint density at radius 1 is 1.33 bits per heavy atom. The Hall–Kier alpha value is -1.69. The lowest BCUT2D eigenvalue weighted by atomic mass is 10.1. The first-order valence-electron chi connectivity index (χ1n) is 7.02. The maximum absolute atomic E-state index is 14.1. The van der Waals surface area contributed by atoms with E-state index in [0.717, 1.165) is 6.54 Å². The molecule has 0 bridgehead atoms. The van der Waals surface area contributed by atoms with Crippen molar-refractivity contribution in [3.8, 4) is 0 Å². The summed E-state index contributed by atoms with van der Waals surface area (Å²) < 4.78 is 28.2. The molecule has 0 aromatic heterocycles. The molecule has 2 N–H and O–H groups in total. The van der Waals surface area contributed by atoms with Gasteiger partial charge in [0.1, 0.15) is 17.3 Å². The molecule has 1 amide bonds. The third-order valence-corrected chi connectivity index (χ3v) is 3.28. The number of nitrogens with one attached hydrogen (secondary N) is 2. The molecule has 4 nitrogen and oxygen atoms in total. The van der Waals surface area contributed by atoms with Gasteiger partial charge in [-0.05, 0) is 24.2 Å². The molecular formula is C15H23F2N3O. The van der Waals surface area contributed by atoms with Crippen molar-refractivity contribution in [3.63, 3.8) is 0 Å². The van der Waals surface area contributed by atoms with E-state index in [0.29, 0.717) is 12.1 Å². The average molecular weight is 299 g/mol. The highest BCUT2D eigenvalue weighted by atomic mass is 19.1. The van der Waals surface area contributed by atoms with Crippen LogP contribution in [0.25, 0.3) is 0 Å². The minimum atomic E-state index is -0.616. The van der Waals surface area contributed by atoms with E-state index in [1.165, 1.54) is 24.1 Å². The molecule has 1 atom stereocenters. The van der Waals surface area contributed by atoms with Gasteiger partial charge in [-0.1, -0.05) is 13.8 Å². The van der Waals surface area contributed by atoms with E-state index < -0.39 is 11.6 Å². The van der Waals surface area contributed by atoms with Crippen LogP contribution in [0.2, 0.25) is 0 Å². The van der Waals surface area contributed by atoms with Crippen molar-refractivity contribution < 1.29 is 13.6 Å². The van der Waals surface area contributed by atoms with Crippen LogP contribution in [-0.2, 0) is 11.3 Å². The zero-order valence-corrected chi connectivity index (χ0v) is 13.0. The van der Waals surface area contributed by atoms with Crippen molar-refractivity contribution in [2.45, 2.75) is 20.4 Å².